The van der Waals surface area contributed by atoms with Crippen LogP contribution in [0.15, 0.2) is 24.8 Å². The third-order valence-corrected chi connectivity index (χ3v) is 2.33. The molecule has 0 aromatic heterocycles. The molecule has 1 N–H and O–H groups in total. The van der Waals surface area contributed by atoms with Crippen LogP contribution in [0.4, 0.5) is 0 Å². The van der Waals surface area contributed by atoms with E-state index in [2.05, 4.69) is 27.4 Å². The Hall–Kier alpha value is -1.24. The fraction of sp³-hybridized carbons (Fsp3) is 0.429. The molecule has 15 heavy (non-hydrogen) atoms. The van der Waals surface area contributed by atoms with Gasteiger partial charge in [0.1, 0.15) is 5.75 Å². The van der Waals surface area contributed by atoms with E-state index >= 15 is 0 Å². The Morgan fingerprint density at radius 2 is 1.93 bits per heavy atom. The number of benzene rings is 1. The minimum Gasteiger partial charge on any atom is -0.508 e. The van der Waals surface area contributed by atoms with E-state index in [1.54, 1.807) is 12.1 Å². The van der Waals surface area contributed by atoms with Gasteiger partial charge in [0.15, 0.2) is 0 Å². The van der Waals surface area contributed by atoms with Gasteiger partial charge in [0.25, 0.3) is 0 Å². The molecule has 0 saturated heterocycles. The second kappa shape index (κ2) is 4.09. The van der Waals surface area contributed by atoms with Gasteiger partial charge in [-0.2, -0.15) is 0 Å². The fourth-order valence-corrected chi connectivity index (χ4v) is 1.78. The van der Waals surface area contributed by atoms with Crippen molar-refractivity contribution in [3.05, 3.63) is 35.9 Å². The molecule has 82 valence electrons. The molecule has 0 saturated carbocycles. The van der Waals surface area contributed by atoms with Crippen molar-refractivity contribution in [2.24, 2.45) is 5.41 Å². The molecule has 0 fully saturated rings. The van der Waals surface area contributed by atoms with E-state index in [0.717, 1.165) is 23.1 Å². The molecule has 0 aliphatic heterocycles. The van der Waals surface area contributed by atoms with Gasteiger partial charge in [-0.05, 0) is 47.6 Å². The molecule has 1 rings (SSSR count). The molecule has 0 unspecified atom stereocenters. The summed E-state index contributed by atoms with van der Waals surface area (Å²) in [6, 6.07) is 5.44. The molecule has 0 heterocycles. The Bertz CT molecular complexity index is 369. The third kappa shape index (κ3) is 3.43. The van der Waals surface area contributed by atoms with E-state index in [9.17, 15) is 5.11 Å². The van der Waals surface area contributed by atoms with Gasteiger partial charge in [0.2, 0.25) is 0 Å². The van der Waals surface area contributed by atoms with Crippen LogP contribution in [0.1, 0.15) is 38.3 Å². The van der Waals surface area contributed by atoms with Gasteiger partial charge in [-0.3, -0.25) is 0 Å². The highest BCUT2D eigenvalue weighted by Crippen LogP contribution is 2.31. The zero-order valence-corrected chi connectivity index (χ0v) is 10.1. The van der Waals surface area contributed by atoms with Gasteiger partial charge in [-0.15, -0.1) is 0 Å². The van der Waals surface area contributed by atoms with Crippen LogP contribution in [-0.2, 0) is 0 Å². The lowest BCUT2D eigenvalue weighted by Gasteiger charge is -2.20. The lowest BCUT2D eigenvalue weighted by molar-refractivity contribution is 0.427. The third-order valence-electron chi connectivity index (χ3n) is 2.33. The van der Waals surface area contributed by atoms with Crippen molar-refractivity contribution in [3.8, 4) is 5.75 Å². The van der Waals surface area contributed by atoms with E-state index in [-0.39, 0.29) is 5.41 Å². The van der Waals surface area contributed by atoms with E-state index in [4.69, 9.17) is 0 Å². The van der Waals surface area contributed by atoms with Gasteiger partial charge in [0.05, 0.1) is 0 Å². The Morgan fingerprint density at radius 1 is 1.33 bits per heavy atom. The predicted octanol–water partition coefficient (Wildman–Crippen LogP) is 4.15. The molecule has 0 atom stereocenters. The quantitative estimate of drug-likeness (QED) is 0.767. The largest absolute Gasteiger partial charge is 0.508 e. The van der Waals surface area contributed by atoms with Crippen molar-refractivity contribution in [3.63, 3.8) is 0 Å². The zero-order chi connectivity index (χ0) is 11.6. The highest BCUT2D eigenvalue weighted by atomic mass is 16.3. The number of hydrogen-bond acceptors (Lipinski definition) is 1. The number of rotatable bonds is 2. The van der Waals surface area contributed by atoms with Gasteiger partial charge < -0.3 is 5.11 Å². The maximum Gasteiger partial charge on any atom is 0.115 e. The van der Waals surface area contributed by atoms with Crippen LogP contribution in [0.5, 0.6) is 5.75 Å². The maximum atomic E-state index is 9.32. The zero-order valence-electron chi connectivity index (χ0n) is 10.1. The topological polar surface area (TPSA) is 20.2 Å². The molecule has 0 amide bonds. The molecule has 0 spiro atoms. The molecule has 0 aliphatic carbocycles. The lowest BCUT2D eigenvalue weighted by Crippen LogP contribution is -2.05. The standard InChI is InChI=1S/C14H20O/c1-10-8-12(15)6-7-13(10)11(2)9-14(3,4)5/h6-8,15H,2,9H2,1,3-5H3. The summed E-state index contributed by atoms with van der Waals surface area (Å²) in [4.78, 5) is 0. The molecular formula is C14H20O. The van der Waals surface area contributed by atoms with Crippen LogP contribution in [0.2, 0.25) is 0 Å². The lowest BCUT2D eigenvalue weighted by atomic mass is 9.85. The van der Waals surface area contributed by atoms with Crippen LogP contribution in [0.25, 0.3) is 5.57 Å². The number of allylic oxidation sites excluding steroid dienone is 1. The van der Waals surface area contributed by atoms with E-state index in [0.29, 0.717) is 5.75 Å². The van der Waals surface area contributed by atoms with Crippen molar-refractivity contribution in [2.45, 2.75) is 34.1 Å². The second-order valence-corrected chi connectivity index (χ2v) is 5.34. The number of phenols is 1. The summed E-state index contributed by atoms with van der Waals surface area (Å²) in [7, 11) is 0. The Labute approximate surface area is 92.5 Å². The Kier molecular flexibility index (Phi) is 3.23. The van der Waals surface area contributed by atoms with E-state index in [1.807, 2.05) is 13.0 Å². The summed E-state index contributed by atoms with van der Waals surface area (Å²) < 4.78 is 0. The summed E-state index contributed by atoms with van der Waals surface area (Å²) in [5, 5.41) is 9.32. The number of hydrogen-bond donors (Lipinski definition) is 1. The van der Waals surface area contributed by atoms with Crippen LogP contribution in [0, 0.1) is 12.3 Å². The van der Waals surface area contributed by atoms with Gasteiger partial charge in [0, 0.05) is 0 Å². The number of aryl methyl sites for hydroxylation is 1. The summed E-state index contributed by atoms with van der Waals surface area (Å²) in [6.45, 7) is 12.7. The first-order chi connectivity index (χ1) is 6.79. The van der Waals surface area contributed by atoms with Crippen molar-refractivity contribution in [1.82, 2.24) is 0 Å². The molecule has 0 bridgehead atoms. The van der Waals surface area contributed by atoms with Crippen molar-refractivity contribution >= 4 is 5.57 Å². The summed E-state index contributed by atoms with van der Waals surface area (Å²) >= 11 is 0. The first-order valence-corrected chi connectivity index (χ1v) is 5.27. The predicted molar refractivity (Wildman–Crippen MR) is 65.9 cm³/mol. The van der Waals surface area contributed by atoms with Crippen molar-refractivity contribution in [1.29, 1.82) is 0 Å². The summed E-state index contributed by atoms with van der Waals surface area (Å²) in [5.74, 6) is 0.319. The highest BCUT2D eigenvalue weighted by Gasteiger charge is 2.14. The smallest absolute Gasteiger partial charge is 0.115 e. The summed E-state index contributed by atoms with van der Waals surface area (Å²) in [5.41, 5.74) is 3.63. The SMILES string of the molecule is C=C(CC(C)(C)C)c1ccc(O)cc1C. The molecule has 1 aromatic rings. The van der Waals surface area contributed by atoms with Crippen LogP contribution in [0.3, 0.4) is 0 Å². The fourth-order valence-electron chi connectivity index (χ4n) is 1.78. The first-order valence-electron chi connectivity index (χ1n) is 5.27. The highest BCUT2D eigenvalue weighted by molar-refractivity contribution is 5.67. The normalized spacial score (nSPS) is 11.5. The van der Waals surface area contributed by atoms with Gasteiger partial charge >= 0.3 is 0 Å². The van der Waals surface area contributed by atoms with Crippen molar-refractivity contribution in [2.75, 3.05) is 0 Å². The molecule has 1 heteroatoms. The Morgan fingerprint density at radius 3 is 2.40 bits per heavy atom. The maximum absolute atomic E-state index is 9.32. The van der Waals surface area contributed by atoms with Gasteiger partial charge in [-0.25, -0.2) is 0 Å². The minimum atomic E-state index is 0.251. The molecular weight excluding hydrogens is 184 g/mol. The molecule has 1 nitrogen and oxygen atoms in total. The van der Waals surface area contributed by atoms with Crippen molar-refractivity contribution < 1.29 is 5.11 Å². The summed E-state index contributed by atoms with van der Waals surface area (Å²) in [6.07, 6.45) is 0.971. The molecule has 0 aliphatic rings. The average Bonchev–Trinajstić information content (AvgIpc) is 1.99. The minimum absolute atomic E-state index is 0.251. The monoisotopic (exact) mass is 204 g/mol. The van der Waals surface area contributed by atoms with Crippen LogP contribution in [-0.4, -0.2) is 5.11 Å². The van der Waals surface area contributed by atoms with E-state index in [1.165, 1.54) is 0 Å². The molecule has 0 radical (unpaired) electrons. The average molecular weight is 204 g/mol. The number of phenolic OH excluding ortho intramolecular Hbond substituents is 1. The molecule has 1 aromatic carbocycles. The van der Waals surface area contributed by atoms with E-state index < -0.39 is 0 Å². The number of aromatic hydroxyl groups is 1. The van der Waals surface area contributed by atoms with Crippen LogP contribution < -0.4 is 0 Å². The van der Waals surface area contributed by atoms with Crippen LogP contribution >= 0.6 is 0 Å². The van der Waals surface area contributed by atoms with Gasteiger partial charge in [-0.1, -0.05) is 33.4 Å². The Balaban J connectivity index is 2.92. The second-order valence-electron chi connectivity index (χ2n) is 5.34. The first kappa shape index (κ1) is 11.8.